The minimum atomic E-state index is -0.161. The first kappa shape index (κ1) is 20.8. The molecule has 5 rings (SSSR count). The summed E-state index contributed by atoms with van der Waals surface area (Å²) in [5.74, 6) is 0.825. The zero-order valence-corrected chi connectivity index (χ0v) is 18.2. The summed E-state index contributed by atoms with van der Waals surface area (Å²) < 4.78 is 5.51. The topological polar surface area (TPSA) is 65.0 Å². The molecular formula is C24H28ClN3O3. The molecule has 7 heteroatoms. The fourth-order valence-corrected chi connectivity index (χ4v) is 5.60. The second-order valence-corrected chi connectivity index (χ2v) is 9.14. The van der Waals surface area contributed by atoms with E-state index in [1.807, 2.05) is 35.2 Å². The number of benzene rings is 2. The number of likely N-dealkylation sites (tertiary alicyclic amines) is 1. The molecule has 3 aliphatic rings. The van der Waals surface area contributed by atoms with E-state index in [4.69, 9.17) is 16.3 Å². The number of rotatable bonds is 4. The second-order valence-electron chi connectivity index (χ2n) is 8.71. The Hall–Kier alpha value is -2.12. The van der Waals surface area contributed by atoms with Gasteiger partial charge in [-0.1, -0.05) is 35.9 Å². The largest absolute Gasteiger partial charge is 0.395 e. The third-order valence-electron chi connectivity index (χ3n) is 6.96. The van der Waals surface area contributed by atoms with Crippen LogP contribution in [0.15, 0.2) is 48.5 Å². The number of nitrogens with zero attached hydrogens (tertiary/aromatic N) is 2. The SMILES string of the molecule is O=C(Nc1cccc(Cl)c1)N1C[C@@H]2[C@@H](c3ccccc31)[C@H](CO)N2CC1CCOCC1. The highest BCUT2D eigenvalue weighted by Gasteiger charge is 2.53. The summed E-state index contributed by atoms with van der Waals surface area (Å²) in [4.78, 5) is 17.5. The van der Waals surface area contributed by atoms with Crippen molar-refractivity contribution in [1.29, 1.82) is 0 Å². The molecule has 6 nitrogen and oxygen atoms in total. The van der Waals surface area contributed by atoms with Crippen molar-refractivity contribution < 1.29 is 14.6 Å². The lowest BCUT2D eigenvalue weighted by atomic mass is 9.71. The average molecular weight is 442 g/mol. The number of para-hydroxylation sites is 1. The molecule has 2 amide bonds. The zero-order chi connectivity index (χ0) is 21.4. The number of aliphatic hydroxyl groups is 1. The van der Waals surface area contributed by atoms with Crippen molar-refractivity contribution in [3.05, 3.63) is 59.1 Å². The smallest absolute Gasteiger partial charge is 0.326 e. The summed E-state index contributed by atoms with van der Waals surface area (Å²) in [6.45, 7) is 3.31. The number of urea groups is 1. The normalized spacial score (nSPS) is 26.0. The van der Waals surface area contributed by atoms with Crippen molar-refractivity contribution in [2.24, 2.45) is 5.92 Å². The molecular weight excluding hydrogens is 414 g/mol. The van der Waals surface area contributed by atoms with Gasteiger partial charge in [-0.25, -0.2) is 4.79 Å². The first-order chi connectivity index (χ1) is 15.2. The zero-order valence-electron chi connectivity index (χ0n) is 17.4. The van der Waals surface area contributed by atoms with Gasteiger partial charge in [-0.3, -0.25) is 9.80 Å². The summed E-state index contributed by atoms with van der Waals surface area (Å²) >= 11 is 6.09. The molecule has 0 unspecified atom stereocenters. The van der Waals surface area contributed by atoms with Crippen molar-refractivity contribution in [2.45, 2.75) is 30.8 Å². The Morgan fingerprint density at radius 1 is 1.16 bits per heavy atom. The van der Waals surface area contributed by atoms with E-state index >= 15 is 0 Å². The maximum atomic E-state index is 13.3. The van der Waals surface area contributed by atoms with Crippen molar-refractivity contribution in [3.63, 3.8) is 0 Å². The van der Waals surface area contributed by atoms with Crippen LogP contribution < -0.4 is 10.2 Å². The van der Waals surface area contributed by atoms with Crippen LogP contribution in [-0.4, -0.2) is 61.0 Å². The van der Waals surface area contributed by atoms with Gasteiger partial charge in [-0.05, 0) is 48.6 Å². The van der Waals surface area contributed by atoms with Gasteiger partial charge in [-0.2, -0.15) is 0 Å². The standard InChI is InChI=1S/C24H28ClN3O3/c25-17-4-3-5-18(12-17)26-24(30)28-14-21-23(19-6-1-2-7-20(19)28)22(15-29)27(21)13-16-8-10-31-11-9-16/h1-7,12,16,21-23,29H,8-11,13-15H2,(H,26,30)/t21-,22+,23-/m1/s1. The number of amides is 2. The molecule has 0 radical (unpaired) electrons. The van der Waals surface area contributed by atoms with Gasteiger partial charge in [0.05, 0.1) is 6.61 Å². The van der Waals surface area contributed by atoms with E-state index in [2.05, 4.69) is 16.3 Å². The maximum absolute atomic E-state index is 13.3. The number of hydrogen-bond donors (Lipinski definition) is 2. The Morgan fingerprint density at radius 3 is 2.74 bits per heavy atom. The number of carbonyl (C=O) groups excluding carboxylic acids is 1. The van der Waals surface area contributed by atoms with E-state index in [1.165, 1.54) is 0 Å². The predicted octanol–water partition coefficient (Wildman–Crippen LogP) is 3.95. The van der Waals surface area contributed by atoms with E-state index < -0.39 is 0 Å². The van der Waals surface area contributed by atoms with E-state index in [0.717, 1.165) is 43.9 Å². The van der Waals surface area contributed by atoms with Gasteiger partial charge in [0.25, 0.3) is 0 Å². The number of carbonyl (C=O) groups is 1. The van der Waals surface area contributed by atoms with Crippen LogP contribution in [0.2, 0.25) is 5.02 Å². The monoisotopic (exact) mass is 441 g/mol. The predicted molar refractivity (Wildman–Crippen MR) is 122 cm³/mol. The minimum absolute atomic E-state index is 0.104. The van der Waals surface area contributed by atoms with E-state index in [9.17, 15) is 9.90 Å². The van der Waals surface area contributed by atoms with Gasteiger partial charge in [-0.15, -0.1) is 0 Å². The van der Waals surface area contributed by atoms with Gasteiger partial charge in [0.2, 0.25) is 0 Å². The molecule has 164 valence electrons. The van der Waals surface area contributed by atoms with E-state index in [0.29, 0.717) is 23.2 Å². The number of ether oxygens (including phenoxy) is 1. The first-order valence-electron chi connectivity index (χ1n) is 11.0. The molecule has 2 N–H and O–H groups in total. The molecule has 2 fully saturated rings. The second kappa shape index (κ2) is 8.79. The fourth-order valence-electron chi connectivity index (χ4n) is 5.41. The van der Waals surface area contributed by atoms with Crippen LogP contribution in [0.25, 0.3) is 0 Å². The molecule has 0 aliphatic carbocycles. The van der Waals surface area contributed by atoms with Crippen LogP contribution >= 0.6 is 11.6 Å². The minimum Gasteiger partial charge on any atom is -0.395 e. The Kier molecular flexibility index (Phi) is 5.89. The molecule has 3 atom stereocenters. The Morgan fingerprint density at radius 2 is 1.97 bits per heavy atom. The van der Waals surface area contributed by atoms with Gasteiger partial charge in [0.15, 0.2) is 0 Å². The van der Waals surface area contributed by atoms with Crippen LogP contribution in [-0.2, 0) is 4.74 Å². The Balaban J connectivity index is 1.39. The van der Waals surface area contributed by atoms with Gasteiger partial charge < -0.3 is 15.2 Å². The molecule has 31 heavy (non-hydrogen) atoms. The third kappa shape index (κ3) is 3.94. The van der Waals surface area contributed by atoms with Gasteiger partial charge >= 0.3 is 6.03 Å². The van der Waals surface area contributed by atoms with E-state index in [1.54, 1.807) is 12.1 Å². The number of fused-ring (bicyclic) bond motifs is 3. The third-order valence-corrected chi connectivity index (χ3v) is 7.19. The summed E-state index contributed by atoms with van der Waals surface area (Å²) in [6, 6.07) is 15.4. The van der Waals surface area contributed by atoms with Crippen molar-refractivity contribution in [1.82, 2.24) is 4.90 Å². The highest BCUT2D eigenvalue weighted by atomic mass is 35.5. The summed E-state index contributed by atoms with van der Waals surface area (Å²) in [5.41, 5.74) is 2.74. The van der Waals surface area contributed by atoms with Crippen LogP contribution in [0.5, 0.6) is 0 Å². The van der Waals surface area contributed by atoms with Crippen LogP contribution in [0, 0.1) is 5.92 Å². The lowest BCUT2D eigenvalue weighted by Crippen LogP contribution is -2.70. The number of anilines is 2. The quantitative estimate of drug-likeness (QED) is 0.754. The fraction of sp³-hybridized carbons (Fsp3) is 0.458. The Labute approximate surface area is 187 Å². The molecule has 3 aliphatic heterocycles. The number of nitrogens with one attached hydrogen (secondary N) is 1. The van der Waals surface area contributed by atoms with Crippen LogP contribution in [0.4, 0.5) is 16.2 Å². The molecule has 2 aromatic rings. The van der Waals surface area contributed by atoms with Crippen LogP contribution in [0.3, 0.4) is 0 Å². The molecule has 0 saturated carbocycles. The number of halogens is 1. The van der Waals surface area contributed by atoms with Crippen molar-refractivity contribution in [2.75, 3.05) is 43.1 Å². The van der Waals surface area contributed by atoms with Crippen molar-refractivity contribution >= 4 is 29.0 Å². The molecule has 2 saturated heterocycles. The number of hydrogen-bond acceptors (Lipinski definition) is 4. The maximum Gasteiger partial charge on any atom is 0.326 e. The lowest BCUT2D eigenvalue weighted by molar-refractivity contribution is -0.0622. The average Bonchev–Trinajstić information content (AvgIpc) is 2.78. The highest BCUT2D eigenvalue weighted by molar-refractivity contribution is 6.30. The lowest BCUT2D eigenvalue weighted by Gasteiger charge is -2.59. The molecule has 0 spiro atoms. The van der Waals surface area contributed by atoms with E-state index in [-0.39, 0.29) is 30.6 Å². The van der Waals surface area contributed by atoms with Crippen molar-refractivity contribution in [3.8, 4) is 0 Å². The molecule has 2 aromatic carbocycles. The molecule has 3 heterocycles. The number of aliphatic hydroxyl groups excluding tert-OH is 1. The molecule has 0 aromatic heterocycles. The van der Waals surface area contributed by atoms with Gasteiger partial charge in [0.1, 0.15) is 0 Å². The molecule has 0 bridgehead atoms. The van der Waals surface area contributed by atoms with Crippen LogP contribution in [0.1, 0.15) is 24.3 Å². The van der Waals surface area contributed by atoms with Gasteiger partial charge in [0, 0.05) is 60.7 Å². The summed E-state index contributed by atoms with van der Waals surface area (Å²) in [7, 11) is 0. The highest BCUT2D eigenvalue weighted by Crippen LogP contribution is 2.48. The Bertz CT molecular complexity index is 949. The summed E-state index contributed by atoms with van der Waals surface area (Å²) in [5, 5.41) is 13.8. The summed E-state index contributed by atoms with van der Waals surface area (Å²) in [6.07, 6.45) is 2.11. The first-order valence-corrected chi connectivity index (χ1v) is 11.4.